The van der Waals surface area contributed by atoms with Crippen molar-refractivity contribution in [1.82, 2.24) is 0 Å². The summed E-state index contributed by atoms with van der Waals surface area (Å²) in [7, 11) is 1.59. The predicted octanol–water partition coefficient (Wildman–Crippen LogP) is 5.63. The van der Waals surface area contributed by atoms with Gasteiger partial charge in [0.25, 0.3) is 0 Å². The molecule has 22 heavy (non-hydrogen) atoms. The summed E-state index contributed by atoms with van der Waals surface area (Å²) in [4.78, 5) is 12.0. The van der Waals surface area contributed by atoms with E-state index in [1.165, 1.54) is 6.08 Å². The lowest BCUT2D eigenvalue weighted by atomic mass is 10.2. The standard InChI is InChI=1S/C16H12Br3NO2/c1-22-16-10(8-11(17)9-13(16)19)6-7-15(21)20-14-5-3-2-4-12(14)18/h2-9H,1H3,(H,20,21)/b7-6+. The number of carbonyl (C=O) groups is 1. The van der Waals surface area contributed by atoms with Gasteiger partial charge in [-0.1, -0.05) is 28.1 Å². The van der Waals surface area contributed by atoms with Crippen molar-refractivity contribution in [2.24, 2.45) is 0 Å². The smallest absolute Gasteiger partial charge is 0.248 e. The molecule has 0 aromatic heterocycles. The second kappa shape index (κ2) is 7.94. The van der Waals surface area contributed by atoms with Crippen LogP contribution < -0.4 is 10.1 Å². The van der Waals surface area contributed by atoms with Gasteiger partial charge in [-0.15, -0.1) is 0 Å². The lowest BCUT2D eigenvalue weighted by Gasteiger charge is -2.08. The van der Waals surface area contributed by atoms with Crippen molar-refractivity contribution < 1.29 is 9.53 Å². The number of rotatable bonds is 4. The van der Waals surface area contributed by atoms with E-state index in [4.69, 9.17) is 4.74 Å². The average Bonchev–Trinajstić information content (AvgIpc) is 2.47. The van der Waals surface area contributed by atoms with E-state index < -0.39 is 0 Å². The Morgan fingerprint density at radius 2 is 1.86 bits per heavy atom. The van der Waals surface area contributed by atoms with E-state index in [2.05, 4.69) is 53.1 Å². The van der Waals surface area contributed by atoms with E-state index in [-0.39, 0.29) is 5.91 Å². The number of para-hydroxylation sites is 1. The molecule has 0 saturated heterocycles. The number of halogens is 3. The summed E-state index contributed by atoms with van der Waals surface area (Å²) in [5.74, 6) is 0.457. The van der Waals surface area contributed by atoms with E-state index in [0.29, 0.717) is 5.75 Å². The molecule has 0 aliphatic carbocycles. The third-order valence-electron chi connectivity index (χ3n) is 2.79. The number of ether oxygens (including phenoxy) is 1. The molecule has 0 aliphatic rings. The van der Waals surface area contributed by atoms with Crippen molar-refractivity contribution in [3.05, 3.63) is 61.5 Å². The van der Waals surface area contributed by atoms with Gasteiger partial charge in [0.15, 0.2) is 0 Å². The Balaban J connectivity index is 2.18. The molecule has 6 heteroatoms. The minimum atomic E-state index is -0.218. The Morgan fingerprint density at radius 1 is 1.14 bits per heavy atom. The fourth-order valence-corrected chi connectivity index (χ4v) is 3.63. The predicted molar refractivity (Wildman–Crippen MR) is 100 cm³/mol. The van der Waals surface area contributed by atoms with Crippen LogP contribution in [-0.4, -0.2) is 13.0 Å². The molecule has 0 heterocycles. The van der Waals surface area contributed by atoms with Crippen molar-refractivity contribution in [1.29, 1.82) is 0 Å². The molecule has 0 radical (unpaired) electrons. The van der Waals surface area contributed by atoms with Gasteiger partial charge in [0.2, 0.25) is 5.91 Å². The zero-order valence-corrected chi connectivity index (χ0v) is 16.3. The van der Waals surface area contributed by atoms with Gasteiger partial charge < -0.3 is 10.1 Å². The van der Waals surface area contributed by atoms with Crippen molar-refractivity contribution in [2.45, 2.75) is 0 Å². The molecule has 3 nitrogen and oxygen atoms in total. The van der Waals surface area contributed by atoms with Gasteiger partial charge in [-0.2, -0.15) is 0 Å². The summed E-state index contributed by atoms with van der Waals surface area (Å²) in [6.45, 7) is 0. The van der Waals surface area contributed by atoms with Crippen molar-refractivity contribution >= 4 is 65.5 Å². The molecular weight excluding hydrogens is 478 g/mol. The number of hydrogen-bond donors (Lipinski definition) is 1. The molecule has 0 fully saturated rings. The fraction of sp³-hybridized carbons (Fsp3) is 0.0625. The Kier molecular flexibility index (Phi) is 6.23. The van der Waals surface area contributed by atoms with Gasteiger partial charge in [-0.3, -0.25) is 4.79 Å². The SMILES string of the molecule is COc1c(Br)cc(Br)cc1/C=C/C(=O)Nc1ccccc1Br. The largest absolute Gasteiger partial charge is 0.495 e. The quantitative estimate of drug-likeness (QED) is 0.565. The fourth-order valence-electron chi connectivity index (χ4n) is 1.82. The summed E-state index contributed by atoms with van der Waals surface area (Å²) in [5, 5.41) is 2.81. The Bertz CT molecular complexity index is 729. The number of anilines is 1. The minimum Gasteiger partial charge on any atom is -0.495 e. The Morgan fingerprint density at radius 3 is 2.55 bits per heavy atom. The monoisotopic (exact) mass is 487 g/mol. The number of methoxy groups -OCH3 is 1. The van der Waals surface area contributed by atoms with Crippen LogP contribution in [-0.2, 0) is 4.79 Å². The lowest BCUT2D eigenvalue weighted by molar-refractivity contribution is -0.111. The molecule has 2 aromatic carbocycles. The third kappa shape index (κ3) is 4.44. The van der Waals surface area contributed by atoms with E-state index >= 15 is 0 Å². The van der Waals surface area contributed by atoms with Crippen LogP contribution in [0.2, 0.25) is 0 Å². The van der Waals surface area contributed by atoms with Gasteiger partial charge >= 0.3 is 0 Å². The summed E-state index contributed by atoms with van der Waals surface area (Å²) in [6.07, 6.45) is 3.18. The first-order valence-electron chi connectivity index (χ1n) is 6.28. The molecule has 0 spiro atoms. The molecule has 114 valence electrons. The highest BCUT2D eigenvalue weighted by atomic mass is 79.9. The molecule has 0 saturated carbocycles. The first-order chi connectivity index (χ1) is 10.5. The average molecular weight is 490 g/mol. The Hall–Kier alpha value is -1.11. The van der Waals surface area contributed by atoms with Crippen molar-refractivity contribution in [3.63, 3.8) is 0 Å². The van der Waals surface area contributed by atoms with Crippen molar-refractivity contribution in [3.8, 4) is 5.75 Å². The summed E-state index contributed by atoms with van der Waals surface area (Å²) < 4.78 is 7.89. The van der Waals surface area contributed by atoms with Gasteiger partial charge in [-0.05, 0) is 62.2 Å². The highest BCUT2D eigenvalue weighted by Gasteiger charge is 2.08. The van der Waals surface area contributed by atoms with Crippen LogP contribution in [0.25, 0.3) is 6.08 Å². The van der Waals surface area contributed by atoms with Gasteiger partial charge in [0.05, 0.1) is 17.3 Å². The maximum absolute atomic E-state index is 12.0. The van der Waals surface area contributed by atoms with Gasteiger partial charge in [0.1, 0.15) is 5.75 Å². The molecule has 1 N–H and O–H groups in total. The number of benzene rings is 2. The number of carbonyl (C=O) groups excluding carboxylic acids is 1. The molecule has 1 amide bonds. The van der Waals surface area contributed by atoms with Gasteiger partial charge in [-0.25, -0.2) is 0 Å². The maximum Gasteiger partial charge on any atom is 0.248 e. The highest BCUT2D eigenvalue weighted by Crippen LogP contribution is 2.33. The molecule has 0 atom stereocenters. The molecular formula is C16H12Br3NO2. The summed E-state index contributed by atoms with van der Waals surface area (Å²) in [6, 6.07) is 11.2. The zero-order chi connectivity index (χ0) is 16.1. The van der Waals surface area contributed by atoms with E-state index in [1.54, 1.807) is 13.2 Å². The summed E-state index contributed by atoms with van der Waals surface area (Å²) >= 11 is 10.2. The number of hydrogen-bond acceptors (Lipinski definition) is 2. The first kappa shape index (κ1) is 17.2. The maximum atomic E-state index is 12.0. The second-order valence-corrected chi connectivity index (χ2v) is 6.94. The highest BCUT2D eigenvalue weighted by molar-refractivity contribution is 9.11. The van der Waals surface area contributed by atoms with Crippen molar-refractivity contribution in [2.75, 3.05) is 12.4 Å². The number of amides is 1. The first-order valence-corrected chi connectivity index (χ1v) is 8.66. The molecule has 2 aromatic rings. The zero-order valence-electron chi connectivity index (χ0n) is 11.6. The second-order valence-electron chi connectivity index (χ2n) is 4.31. The minimum absolute atomic E-state index is 0.218. The topological polar surface area (TPSA) is 38.3 Å². The molecule has 0 bridgehead atoms. The lowest BCUT2D eigenvalue weighted by Crippen LogP contribution is -2.08. The molecule has 2 rings (SSSR count). The van der Waals surface area contributed by atoms with Gasteiger partial charge in [0, 0.05) is 20.6 Å². The van der Waals surface area contributed by atoms with E-state index in [9.17, 15) is 4.79 Å². The third-order valence-corrected chi connectivity index (χ3v) is 4.53. The number of nitrogens with one attached hydrogen (secondary N) is 1. The molecule has 0 aliphatic heterocycles. The normalized spacial score (nSPS) is 10.7. The van der Waals surface area contributed by atoms with Crippen LogP contribution in [0.5, 0.6) is 5.75 Å². The van der Waals surface area contributed by atoms with Crippen LogP contribution in [0.3, 0.4) is 0 Å². The van der Waals surface area contributed by atoms with E-state index in [0.717, 1.165) is 24.7 Å². The van der Waals surface area contributed by atoms with Crippen LogP contribution in [0, 0.1) is 0 Å². The molecule has 0 unspecified atom stereocenters. The van der Waals surface area contributed by atoms with Crippen LogP contribution >= 0.6 is 47.8 Å². The van der Waals surface area contributed by atoms with Crippen LogP contribution in [0.4, 0.5) is 5.69 Å². The van der Waals surface area contributed by atoms with Crippen LogP contribution in [0.1, 0.15) is 5.56 Å². The van der Waals surface area contributed by atoms with Crippen LogP contribution in [0.15, 0.2) is 55.9 Å². The Labute approximate surface area is 154 Å². The van der Waals surface area contributed by atoms with E-state index in [1.807, 2.05) is 36.4 Å². The summed E-state index contributed by atoms with van der Waals surface area (Å²) in [5.41, 5.74) is 1.52.